The Kier molecular flexibility index (Phi) is 1.64. The van der Waals surface area contributed by atoms with Gasteiger partial charge in [0.05, 0.1) is 6.54 Å². The van der Waals surface area contributed by atoms with Crippen LogP contribution in [0.4, 0.5) is 0 Å². The Hall–Kier alpha value is -1.10. The average Bonchev–Trinajstić information content (AvgIpc) is 1.84. The van der Waals surface area contributed by atoms with Gasteiger partial charge < -0.3 is 16.1 Å². The Morgan fingerprint density at radius 1 is 1.89 bits per heavy atom. The number of carbonyl (C=O) groups excluding carboxylic acids is 1. The third kappa shape index (κ3) is 4.76. The maximum absolute atomic E-state index is 10.7. The van der Waals surface area contributed by atoms with Gasteiger partial charge in [0.25, 0.3) is 0 Å². The highest BCUT2D eigenvalue weighted by Gasteiger charge is 1.98. The smallest absolute Gasteiger partial charge is 0.322 e. The van der Waals surface area contributed by atoms with E-state index in [0.29, 0.717) is 0 Å². The van der Waals surface area contributed by atoms with Crippen molar-refractivity contribution in [1.82, 2.24) is 5.31 Å². The number of rotatable bonds is 4. The third-order valence-electron chi connectivity index (χ3n) is 0.526. The Morgan fingerprint density at radius 2 is 2.56 bits per heavy atom. The van der Waals surface area contributed by atoms with Crippen molar-refractivity contribution in [1.29, 1.82) is 0 Å². The minimum Gasteiger partial charge on any atom is -0.480 e. The molecule has 9 heavy (non-hydrogen) atoms. The van der Waals surface area contributed by atoms with E-state index in [4.69, 9.17) is 9.34 Å². The van der Waals surface area contributed by atoms with Crippen LogP contribution < -0.4 is 11.0 Å². The quantitative estimate of drug-likeness (QED) is 0.421. The summed E-state index contributed by atoms with van der Waals surface area (Å²) in [6, 6.07) is 0. The predicted octanol–water partition coefficient (Wildman–Crippen LogP) is -1.85. The highest BCUT2D eigenvalue weighted by Crippen LogP contribution is 1.60. The fraction of sp³-hybridized carbons (Fsp3) is 0.500. The standard InChI is InChI=1S/C4H8N2O3/c5-1-3(7)6-2-4(8)9/h1-2,5H2,(H,6,7)(H,8,9)/i/hD3. The molecule has 0 aromatic heterocycles. The van der Waals surface area contributed by atoms with Crippen LogP contribution in [0.25, 0.3) is 0 Å². The van der Waals surface area contributed by atoms with Gasteiger partial charge in [-0.2, -0.15) is 0 Å². The molecule has 52 valence electrons. The van der Waals surface area contributed by atoms with Crippen LogP contribution in [0.3, 0.4) is 0 Å². The Labute approximate surface area is 56.2 Å². The molecule has 4 N–H and O–H groups in total. The summed E-state index contributed by atoms with van der Waals surface area (Å²) < 4.78 is 19.8. The van der Waals surface area contributed by atoms with Gasteiger partial charge in [0.15, 0.2) is 1.41 Å². The molecule has 0 rings (SSSR count). The molecule has 0 saturated heterocycles. The first-order valence-corrected chi connectivity index (χ1v) is 2.20. The summed E-state index contributed by atoms with van der Waals surface area (Å²) in [5.41, 5.74) is 0.0751. The number of nitrogens with one attached hydrogen (secondary N) is 1. The van der Waals surface area contributed by atoms with E-state index in [9.17, 15) is 9.59 Å². The second-order valence-corrected chi connectivity index (χ2v) is 1.26. The lowest BCUT2D eigenvalue weighted by Crippen LogP contribution is -2.34. The molecule has 1 amide bonds. The minimum absolute atomic E-state index is 0.0751. The summed E-state index contributed by atoms with van der Waals surface area (Å²) in [7, 11) is 0. The van der Waals surface area contributed by atoms with E-state index in [1.54, 1.807) is 0 Å². The van der Waals surface area contributed by atoms with E-state index < -0.39 is 25.0 Å². The summed E-state index contributed by atoms with van der Waals surface area (Å²) in [4.78, 5) is 20.7. The van der Waals surface area contributed by atoms with Crippen molar-refractivity contribution in [2.45, 2.75) is 0 Å². The Balaban J connectivity index is 3.85. The van der Waals surface area contributed by atoms with Crippen molar-refractivity contribution in [2.75, 3.05) is 13.1 Å². The van der Waals surface area contributed by atoms with Gasteiger partial charge in [-0.05, 0) is 0 Å². The van der Waals surface area contributed by atoms with Crippen molar-refractivity contribution in [3.63, 3.8) is 0 Å². The van der Waals surface area contributed by atoms with Crippen LogP contribution >= 0.6 is 0 Å². The van der Waals surface area contributed by atoms with Crippen LogP contribution in [0.5, 0.6) is 0 Å². The summed E-state index contributed by atoms with van der Waals surface area (Å²) in [6.45, 7) is -1.36. The molecular formula is C4H8N2O3. The number of carboxylic acid groups (broad SMARTS) is 1. The van der Waals surface area contributed by atoms with E-state index in [1.807, 2.05) is 0 Å². The van der Waals surface area contributed by atoms with E-state index in [1.165, 1.54) is 0 Å². The molecule has 0 aliphatic heterocycles. The lowest BCUT2D eigenvalue weighted by atomic mass is 10.5. The predicted molar refractivity (Wildman–Crippen MR) is 29.7 cm³/mol. The van der Waals surface area contributed by atoms with Crippen LogP contribution in [0, 0.1) is 0 Å². The lowest BCUT2D eigenvalue weighted by Gasteiger charge is -1.95. The number of aliphatic carboxylic acids is 1. The van der Waals surface area contributed by atoms with Gasteiger partial charge in [-0.25, -0.2) is 0 Å². The molecule has 0 aliphatic rings. The van der Waals surface area contributed by atoms with Gasteiger partial charge in [-0.15, -0.1) is 0 Å². The molecular weight excluding hydrogens is 124 g/mol. The SMILES string of the molecule is [2H]N([2H])CC(=O)N([2H])CC(=O)O. The number of hydrogen-bond donors (Lipinski definition) is 3. The molecule has 0 aliphatic carbocycles. The zero-order chi connectivity index (χ0) is 9.72. The number of nitrogens with two attached hydrogens (primary N) is 1. The largest absolute Gasteiger partial charge is 0.480 e. The zero-order valence-corrected chi connectivity index (χ0v) is 4.57. The monoisotopic (exact) mass is 135 g/mol. The van der Waals surface area contributed by atoms with Crippen LogP contribution in [-0.4, -0.2) is 30.1 Å². The molecule has 0 aromatic rings. The van der Waals surface area contributed by atoms with Crippen molar-refractivity contribution < 1.29 is 18.9 Å². The van der Waals surface area contributed by atoms with Crippen LogP contribution in [0.15, 0.2) is 0 Å². The van der Waals surface area contributed by atoms with E-state index >= 15 is 0 Å². The molecule has 5 heteroatoms. The first-order chi connectivity index (χ1) is 5.43. The van der Waals surface area contributed by atoms with Gasteiger partial charge in [0.1, 0.15) is 9.37 Å². The van der Waals surface area contributed by atoms with Crippen molar-refractivity contribution in [2.24, 2.45) is 5.72 Å². The molecule has 0 fully saturated rings. The number of hydrogen-bond acceptors (Lipinski definition) is 3. The Morgan fingerprint density at radius 3 is 3.00 bits per heavy atom. The molecule has 0 spiro atoms. The van der Waals surface area contributed by atoms with Gasteiger partial charge in [-0.3, -0.25) is 9.59 Å². The topological polar surface area (TPSA) is 92.4 Å². The van der Waals surface area contributed by atoms with Gasteiger partial charge >= 0.3 is 5.97 Å². The molecule has 0 heterocycles. The molecule has 0 unspecified atom stereocenters. The maximum Gasteiger partial charge on any atom is 0.322 e. The summed E-state index contributed by atoms with van der Waals surface area (Å²) in [6.07, 6.45) is 0. The Bertz CT molecular complexity index is 186. The third-order valence-corrected chi connectivity index (χ3v) is 0.526. The van der Waals surface area contributed by atoms with Crippen molar-refractivity contribution >= 4 is 11.9 Å². The highest BCUT2D eigenvalue weighted by atomic mass is 16.4. The highest BCUT2D eigenvalue weighted by molar-refractivity contribution is 5.82. The maximum atomic E-state index is 10.7. The summed E-state index contributed by atoms with van der Waals surface area (Å²) in [5, 5.41) is 8.34. The summed E-state index contributed by atoms with van der Waals surface area (Å²) in [5.74, 6) is -2.21. The van der Waals surface area contributed by atoms with Crippen LogP contribution in [-0.2, 0) is 9.59 Å². The molecule has 0 aromatic carbocycles. The normalized spacial score (nSPS) is 13.7. The van der Waals surface area contributed by atoms with Crippen molar-refractivity contribution in [3.05, 3.63) is 0 Å². The molecule has 0 radical (unpaired) electrons. The number of amides is 1. The van der Waals surface area contributed by atoms with Crippen LogP contribution in [0.2, 0.25) is 4.24 Å². The van der Waals surface area contributed by atoms with Crippen molar-refractivity contribution in [3.8, 4) is 0 Å². The van der Waals surface area contributed by atoms with Gasteiger partial charge in [-0.1, -0.05) is 0 Å². The van der Waals surface area contributed by atoms with Crippen LogP contribution in [0.1, 0.15) is 0 Å². The summed E-state index contributed by atoms with van der Waals surface area (Å²) >= 11 is 0. The fourth-order valence-corrected chi connectivity index (χ4v) is 0.206. The minimum atomic E-state index is -1.31. The average molecular weight is 135 g/mol. The molecule has 0 bridgehead atoms. The second kappa shape index (κ2) is 3.85. The lowest BCUT2D eigenvalue weighted by molar-refractivity contribution is -0.137. The van der Waals surface area contributed by atoms with E-state index in [-0.39, 0.29) is 11.0 Å². The molecule has 0 atom stereocenters. The zero-order valence-electron chi connectivity index (χ0n) is 7.57. The first kappa shape index (κ1) is 3.84. The second-order valence-electron chi connectivity index (χ2n) is 1.26. The van der Waals surface area contributed by atoms with E-state index in [0.717, 1.165) is 0 Å². The number of carboxylic acids is 1. The molecule has 0 saturated carbocycles. The van der Waals surface area contributed by atoms with Gasteiger partial charge in [0, 0.05) is 0 Å². The number of carbonyl (C=O) groups is 2. The first-order valence-electron chi connectivity index (χ1n) is 3.54. The molecule has 5 nitrogen and oxygen atoms in total. The van der Waals surface area contributed by atoms with E-state index in [2.05, 4.69) is 0 Å². The van der Waals surface area contributed by atoms with Gasteiger partial charge in [0.2, 0.25) is 5.91 Å². The fourth-order valence-electron chi connectivity index (χ4n) is 0.206.